The SMILES string of the molecule is O=C(O)CCCNC(=O)NCc1nnc(-c2ccccc2)s1. The lowest BCUT2D eigenvalue weighted by Crippen LogP contribution is -2.35. The molecule has 7 nitrogen and oxygen atoms in total. The highest BCUT2D eigenvalue weighted by Crippen LogP contribution is 2.22. The Morgan fingerprint density at radius 3 is 2.64 bits per heavy atom. The fourth-order valence-electron chi connectivity index (χ4n) is 1.68. The van der Waals surface area contributed by atoms with Gasteiger partial charge in [0.2, 0.25) is 0 Å². The lowest BCUT2D eigenvalue weighted by atomic mass is 10.2. The molecule has 2 aromatic rings. The number of aromatic nitrogens is 2. The van der Waals surface area contributed by atoms with Crippen molar-refractivity contribution in [3.63, 3.8) is 0 Å². The lowest BCUT2D eigenvalue weighted by molar-refractivity contribution is -0.137. The number of rotatable bonds is 7. The lowest BCUT2D eigenvalue weighted by Gasteiger charge is -2.04. The number of carbonyl (C=O) groups is 2. The van der Waals surface area contributed by atoms with Gasteiger partial charge in [-0.05, 0) is 6.42 Å². The van der Waals surface area contributed by atoms with Crippen molar-refractivity contribution < 1.29 is 14.7 Å². The van der Waals surface area contributed by atoms with Crippen molar-refractivity contribution in [1.29, 1.82) is 0 Å². The van der Waals surface area contributed by atoms with E-state index in [4.69, 9.17) is 5.11 Å². The van der Waals surface area contributed by atoms with Crippen LogP contribution in [0.2, 0.25) is 0 Å². The number of benzene rings is 1. The largest absolute Gasteiger partial charge is 0.481 e. The zero-order chi connectivity index (χ0) is 15.8. The smallest absolute Gasteiger partial charge is 0.315 e. The zero-order valence-corrected chi connectivity index (χ0v) is 12.6. The van der Waals surface area contributed by atoms with Crippen molar-refractivity contribution in [3.05, 3.63) is 35.3 Å². The van der Waals surface area contributed by atoms with Crippen LogP contribution in [0.25, 0.3) is 10.6 Å². The van der Waals surface area contributed by atoms with Crippen molar-refractivity contribution >= 4 is 23.3 Å². The van der Waals surface area contributed by atoms with Gasteiger partial charge in [0, 0.05) is 18.5 Å². The number of carboxylic acid groups (broad SMARTS) is 1. The fourth-order valence-corrected chi connectivity index (χ4v) is 2.47. The van der Waals surface area contributed by atoms with Gasteiger partial charge in [-0.15, -0.1) is 10.2 Å². The number of aliphatic carboxylic acids is 1. The average Bonchev–Trinajstić information content (AvgIpc) is 2.99. The molecule has 8 heteroatoms. The van der Waals surface area contributed by atoms with Crippen molar-refractivity contribution in [1.82, 2.24) is 20.8 Å². The van der Waals surface area contributed by atoms with E-state index >= 15 is 0 Å². The molecule has 0 bridgehead atoms. The van der Waals surface area contributed by atoms with Crippen LogP contribution in [0.15, 0.2) is 30.3 Å². The van der Waals surface area contributed by atoms with Crippen LogP contribution in [0, 0.1) is 0 Å². The first-order valence-electron chi connectivity index (χ1n) is 6.76. The number of carbonyl (C=O) groups excluding carboxylic acids is 1. The van der Waals surface area contributed by atoms with Gasteiger partial charge in [-0.25, -0.2) is 4.79 Å². The summed E-state index contributed by atoms with van der Waals surface area (Å²) in [4.78, 5) is 21.9. The van der Waals surface area contributed by atoms with Gasteiger partial charge < -0.3 is 15.7 Å². The van der Waals surface area contributed by atoms with Crippen LogP contribution in [0.5, 0.6) is 0 Å². The standard InChI is InChI=1S/C14H16N4O3S/c19-12(20)7-4-8-15-14(21)16-9-11-17-18-13(22-11)10-5-2-1-3-6-10/h1-3,5-6H,4,7-9H2,(H,19,20)(H2,15,16,21). The predicted octanol–water partition coefficient (Wildman–Crippen LogP) is 1.87. The van der Waals surface area contributed by atoms with Crippen LogP contribution in [-0.2, 0) is 11.3 Å². The summed E-state index contributed by atoms with van der Waals surface area (Å²) in [5.74, 6) is -0.871. The maximum absolute atomic E-state index is 11.5. The summed E-state index contributed by atoms with van der Waals surface area (Å²) in [6, 6.07) is 9.35. The minimum absolute atomic E-state index is 0.0388. The van der Waals surface area contributed by atoms with Gasteiger partial charge in [-0.1, -0.05) is 41.7 Å². The third kappa shape index (κ3) is 5.13. The van der Waals surface area contributed by atoms with Gasteiger partial charge in [-0.2, -0.15) is 0 Å². The highest BCUT2D eigenvalue weighted by molar-refractivity contribution is 7.14. The third-order valence-electron chi connectivity index (χ3n) is 2.74. The molecule has 3 N–H and O–H groups in total. The summed E-state index contributed by atoms with van der Waals surface area (Å²) in [5.41, 5.74) is 0.990. The van der Waals surface area contributed by atoms with Gasteiger partial charge in [0.1, 0.15) is 10.0 Å². The van der Waals surface area contributed by atoms with Gasteiger partial charge in [0.15, 0.2) is 0 Å². The summed E-state index contributed by atoms with van der Waals surface area (Å²) < 4.78 is 0. The summed E-state index contributed by atoms with van der Waals surface area (Å²) >= 11 is 1.42. The second-order valence-electron chi connectivity index (χ2n) is 4.47. The molecule has 0 radical (unpaired) electrons. The van der Waals surface area contributed by atoms with Crippen LogP contribution >= 0.6 is 11.3 Å². The highest BCUT2D eigenvalue weighted by Gasteiger charge is 2.07. The molecule has 0 atom stereocenters. The van der Waals surface area contributed by atoms with E-state index in [1.165, 1.54) is 11.3 Å². The van der Waals surface area contributed by atoms with E-state index in [0.717, 1.165) is 10.6 Å². The minimum atomic E-state index is -0.871. The summed E-state index contributed by atoms with van der Waals surface area (Å²) in [6.07, 6.45) is 0.441. The maximum atomic E-state index is 11.5. The Morgan fingerprint density at radius 1 is 1.14 bits per heavy atom. The topological polar surface area (TPSA) is 104 Å². The maximum Gasteiger partial charge on any atom is 0.315 e. The highest BCUT2D eigenvalue weighted by atomic mass is 32.1. The van der Waals surface area contributed by atoms with E-state index < -0.39 is 5.97 Å². The number of hydrogen-bond acceptors (Lipinski definition) is 5. The molecule has 1 heterocycles. The molecule has 0 aliphatic carbocycles. The number of nitrogens with zero attached hydrogens (tertiary/aromatic N) is 2. The number of urea groups is 1. The second kappa shape index (κ2) is 8.08. The molecule has 2 amide bonds. The van der Waals surface area contributed by atoms with Crippen molar-refractivity contribution in [2.75, 3.05) is 6.54 Å². The predicted molar refractivity (Wildman–Crippen MR) is 82.5 cm³/mol. The molecule has 22 heavy (non-hydrogen) atoms. The molecule has 0 aliphatic rings. The quantitative estimate of drug-likeness (QED) is 0.676. The number of carboxylic acids is 1. The van der Waals surface area contributed by atoms with Crippen molar-refractivity contribution in [2.45, 2.75) is 19.4 Å². The molecular weight excluding hydrogens is 304 g/mol. The second-order valence-corrected chi connectivity index (χ2v) is 5.54. The molecule has 0 fully saturated rings. The summed E-state index contributed by atoms with van der Waals surface area (Å²) in [7, 11) is 0. The van der Waals surface area contributed by atoms with E-state index in [-0.39, 0.29) is 19.0 Å². The molecule has 116 valence electrons. The normalized spacial score (nSPS) is 10.2. The fraction of sp³-hybridized carbons (Fsp3) is 0.286. The first-order valence-corrected chi connectivity index (χ1v) is 7.58. The molecular formula is C14H16N4O3S. The molecule has 0 spiro atoms. The van der Waals surface area contributed by atoms with Crippen LogP contribution in [0.1, 0.15) is 17.8 Å². The van der Waals surface area contributed by atoms with Crippen LogP contribution in [-0.4, -0.2) is 33.8 Å². The van der Waals surface area contributed by atoms with E-state index in [2.05, 4.69) is 20.8 Å². The molecule has 0 saturated carbocycles. The van der Waals surface area contributed by atoms with Crippen molar-refractivity contribution in [2.24, 2.45) is 0 Å². The minimum Gasteiger partial charge on any atom is -0.481 e. The molecule has 0 saturated heterocycles. The van der Waals surface area contributed by atoms with Crippen LogP contribution < -0.4 is 10.6 Å². The monoisotopic (exact) mass is 320 g/mol. The Labute approximate surface area is 131 Å². The Hall–Kier alpha value is -2.48. The molecule has 1 aromatic heterocycles. The van der Waals surface area contributed by atoms with E-state index in [9.17, 15) is 9.59 Å². The third-order valence-corrected chi connectivity index (χ3v) is 3.71. The van der Waals surface area contributed by atoms with E-state index in [1.807, 2.05) is 30.3 Å². The van der Waals surface area contributed by atoms with Crippen molar-refractivity contribution in [3.8, 4) is 10.6 Å². The molecule has 0 aliphatic heterocycles. The molecule has 2 rings (SSSR count). The number of amides is 2. The first-order chi connectivity index (χ1) is 10.6. The summed E-state index contributed by atoms with van der Waals surface area (Å²) in [6.45, 7) is 0.610. The zero-order valence-electron chi connectivity index (χ0n) is 11.8. The number of hydrogen-bond donors (Lipinski definition) is 3. The Morgan fingerprint density at radius 2 is 1.91 bits per heavy atom. The van der Waals surface area contributed by atoms with Gasteiger partial charge in [0.25, 0.3) is 0 Å². The Kier molecular flexibility index (Phi) is 5.84. The average molecular weight is 320 g/mol. The first kappa shape index (κ1) is 15.9. The molecule has 0 unspecified atom stereocenters. The van der Waals surface area contributed by atoms with Gasteiger partial charge in [0.05, 0.1) is 6.54 Å². The van der Waals surface area contributed by atoms with Gasteiger partial charge in [-0.3, -0.25) is 4.79 Å². The molecule has 1 aromatic carbocycles. The van der Waals surface area contributed by atoms with Gasteiger partial charge >= 0.3 is 12.0 Å². The van der Waals surface area contributed by atoms with E-state index in [1.54, 1.807) is 0 Å². The Balaban J connectivity index is 1.74. The summed E-state index contributed by atoms with van der Waals surface area (Å²) in [5, 5.41) is 23.4. The van der Waals surface area contributed by atoms with Crippen LogP contribution in [0.4, 0.5) is 4.79 Å². The van der Waals surface area contributed by atoms with Crippen LogP contribution in [0.3, 0.4) is 0 Å². The Bertz CT molecular complexity index is 630. The van der Waals surface area contributed by atoms with E-state index in [0.29, 0.717) is 18.0 Å². The number of nitrogens with one attached hydrogen (secondary N) is 2.